The van der Waals surface area contributed by atoms with Gasteiger partial charge in [-0.3, -0.25) is 0 Å². The Labute approximate surface area is 161 Å². The number of carbonyl (C=O) groups is 1. The first-order valence-corrected chi connectivity index (χ1v) is 8.96. The molecule has 2 aromatic carbocycles. The lowest BCUT2D eigenvalue weighted by Crippen LogP contribution is -2.32. The summed E-state index contributed by atoms with van der Waals surface area (Å²) in [6, 6.07) is 11.2. The van der Waals surface area contributed by atoms with Crippen molar-refractivity contribution in [2.75, 3.05) is 23.4 Å². The molecule has 1 aliphatic heterocycles. The van der Waals surface area contributed by atoms with Crippen LogP contribution in [0.2, 0.25) is 0 Å². The fraction of sp³-hybridized carbons (Fsp3) is 0.200. The molecule has 0 aliphatic carbocycles. The van der Waals surface area contributed by atoms with E-state index in [1.165, 1.54) is 12.1 Å². The molecular formula is C20H20FN5O2. The summed E-state index contributed by atoms with van der Waals surface area (Å²) in [6.07, 6.45) is 3.44. The Balaban J connectivity index is 1.41. The third-order valence-corrected chi connectivity index (χ3v) is 4.46. The van der Waals surface area contributed by atoms with E-state index < -0.39 is 0 Å². The van der Waals surface area contributed by atoms with Crippen molar-refractivity contribution in [2.45, 2.75) is 13.1 Å². The standard InChI is InChI=1S/C20H20FN5O2/c21-15-3-1-14(2-4-15)10-23-20(27)25-16-5-6-19-18(9-16)26(7-8-28-19)12-17-11-22-13-24-17/h1-6,9,11,13H,7-8,10,12H2,(H,22,24)(H2,23,25,27). The van der Waals surface area contributed by atoms with Crippen LogP contribution in [0.4, 0.5) is 20.6 Å². The first-order chi connectivity index (χ1) is 13.7. The Hall–Kier alpha value is -3.55. The monoisotopic (exact) mass is 381 g/mol. The number of anilines is 2. The largest absolute Gasteiger partial charge is 0.490 e. The zero-order valence-corrected chi connectivity index (χ0v) is 15.1. The van der Waals surface area contributed by atoms with Crippen molar-refractivity contribution in [3.8, 4) is 5.75 Å². The molecule has 0 atom stereocenters. The average molecular weight is 381 g/mol. The van der Waals surface area contributed by atoms with E-state index in [0.29, 0.717) is 25.4 Å². The number of rotatable bonds is 5. The number of fused-ring (bicyclic) bond motifs is 1. The Bertz CT molecular complexity index is 944. The number of amides is 2. The van der Waals surface area contributed by atoms with E-state index in [1.807, 2.05) is 12.1 Å². The fourth-order valence-electron chi connectivity index (χ4n) is 3.05. The molecule has 0 radical (unpaired) electrons. The van der Waals surface area contributed by atoms with E-state index in [2.05, 4.69) is 25.5 Å². The van der Waals surface area contributed by atoms with E-state index in [-0.39, 0.29) is 11.8 Å². The molecule has 0 bridgehead atoms. The Kier molecular flexibility index (Phi) is 5.09. The number of ether oxygens (including phenoxy) is 1. The van der Waals surface area contributed by atoms with Gasteiger partial charge in [-0.2, -0.15) is 0 Å². The summed E-state index contributed by atoms with van der Waals surface area (Å²) in [4.78, 5) is 21.5. The number of carbonyl (C=O) groups excluding carboxylic acids is 1. The molecule has 2 amide bonds. The highest BCUT2D eigenvalue weighted by molar-refractivity contribution is 5.90. The third kappa shape index (κ3) is 4.22. The summed E-state index contributed by atoms with van der Waals surface area (Å²) < 4.78 is 18.7. The minimum atomic E-state index is -0.332. The van der Waals surface area contributed by atoms with Gasteiger partial charge in [0.25, 0.3) is 0 Å². The highest BCUT2D eigenvalue weighted by atomic mass is 19.1. The van der Waals surface area contributed by atoms with Gasteiger partial charge in [0.05, 0.1) is 30.8 Å². The summed E-state index contributed by atoms with van der Waals surface area (Å²) in [5.41, 5.74) is 3.40. The minimum absolute atomic E-state index is 0.302. The fourth-order valence-corrected chi connectivity index (χ4v) is 3.05. The molecule has 0 spiro atoms. The van der Waals surface area contributed by atoms with Gasteiger partial charge in [-0.25, -0.2) is 14.2 Å². The number of hydrogen-bond donors (Lipinski definition) is 3. The van der Waals surface area contributed by atoms with Gasteiger partial charge >= 0.3 is 6.03 Å². The molecule has 0 saturated heterocycles. The molecule has 28 heavy (non-hydrogen) atoms. The van der Waals surface area contributed by atoms with Crippen LogP contribution in [0.15, 0.2) is 55.0 Å². The molecule has 1 aromatic heterocycles. The zero-order valence-electron chi connectivity index (χ0n) is 15.1. The van der Waals surface area contributed by atoms with Crippen LogP contribution in [0, 0.1) is 5.82 Å². The first kappa shape index (κ1) is 17.8. The quantitative estimate of drug-likeness (QED) is 0.634. The summed E-state index contributed by atoms with van der Waals surface area (Å²) in [6.45, 7) is 2.33. The van der Waals surface area contributed by atoms with Gasteiger partial charge in [-0.1, -0.05) is 12.1 Å². The molecule has 0 saturated carbocycles. The first-order valence-electron chi connectivity index (χ1n) is 8.96. The number of aromatic amines is 1. The Morgan fingerprint density at radius 1 is 1.25 bits per heavy atom. The van der Waals surface area contributed by atoms with Gasteiger partial charge in [0, 0.05) is 18.4 Å². The maximum absolute atomic E-state index is 12.9. The van der Waals surface area contributed by atoms with Crippen molar-refractivity contribution < 1.29 is 13.9 Å². The second-order valence-corrected chi connectivity index (χ2v) is 6.46. The molecular weight excluding hydrogens is 361 g/mol. The van der Waals surface area contributed by atoms with Crippen molar-refractivity contribution in [1.82, 2.24) is 15.3 Å². The lowest BCUT2D eigenvalue weighted by molar-refractivity contribution is 0.251. The van der Waals surface area contributed by atoms with Crippen LogP contribution in [-0.4, -0.2) is 29.2 Å². The highest BCUT2D eigenvalue weighted by Crippen LogP contribution is 2.34. The van der Waals surface area contributed by atoms with Crippen LogP contribution in [0.5, 0.6) is 5.75 Å². The highest BCUT2D eigenvalue weighted by Gasteiger charge is 2.19. The molecule has 3 N–H and O–H groups in total. The third-order valence-electron chi connectivity index (χ3n) is 4.46. The van der Waals surface area contributed by atoms with Crippen molar-refractivity contribution in [1.29, 1.82) is 0 Å². The van der Waals surface area contributed by atoms with Crippen LogP contribution < -0.4 is 20.3 Å². The number of benzene rings is 2. The predicted molar refractivity (Wildman–Crippen MR) is 104 cm³/mol. The molecule has 7 nitrogen and oxygen atoms in total. The average Bonchev–Trinajstić information content (AvgIpc) is 3.21. The molecule has 3 aromatic rings. The van der Waals surface area contributed by atoms with Crippen LogP contribution >= 0.6 is 0 Å². The van der Waals surface area contributed by atoms with Gasteiger partial charge in [0.2, 0.25) is 0 Å². The SMILES string of the molecule is O=C(NCc1ccc(F)cc1)Nc1ccc2c(c1)N(Cc1cnc[nH]1)CCO2. The van der Waals surface area contributed by atoms with Gasteiger partial charge in [0.1, 0.15) is 18.2 Å². The van der Waals surface area contributed by atoms with Crippen LogP contribution in [-0.2, 0) is 13.1 Å². The van der Waals surface area contributed by atoms with Crippen molar-refractivity contribution in [3.63, 3.8) is 0 Å². The van der Waals surface area contributed by atoms with E-state index in [4.69, 9.17) is 4.74 Å². The van der Waals surface area contributed by atoms with E-state index in [1.54, 1.807) is 30.7 Å². The molecule has 4 rings (SSSR count). The molecule has 0 unspecified atom stereocenters. The lowest BCUT2D eigenvalue weighted by Gasteiger charge is -2.31. The number of H-pyrrole nitrogens is 1. The summed E-state index contributed by atoms with van der Waals surface area (Å²) in [5, 5.41) is 5.59. The smallest absolute Gasteiger partial charge is 0.319 e. The number of nitrogens with one attached hydrogen (secondary N) is 3. The normalized spacial score (nSPS) is 12.8. The number of urea groups is 1. The van der Waals surface area contributed by atoms with Gasteiger partial charge in [-0.15, -0.1) is 0 Å². The van der Waals surface area contributed by atoms with Crippen molar-refractivity contribution >= 4 is 17.4 Å². The number of nitrogens with zero attached hydrogens (tertiary/aromatic N) is 2. The van der Waals surface area contributed by atoms with E-state index >= 15 is 0 Å². The van der Waals surface area contributed by atoms with Gasteiger partial charge < -0.3 is 25.3 Å². The summed E-state index contributed by atoms with van der Waals surface area (Å²) in [5.74, 6) is 0.479. The number of aromatic nitrogens is 2. The van der Waals surface area contributed by atoms with Crippen LogP contribution in [0.3, 0.4) is 0 Å². The van der Waals surface area contributed by atoms with E-state index in [0.717, 1.165) is 29.2 Å². The molecule has 8 heteroatoms. The van der Waals surface area contributed by atoms with E-state index in [9.17, 15) is 9.18 Å². The Morgan fingerprint density at radius 2 is 2.11 bits per heavy atom. The molecule has 0 fully saturated rings. The molecule has 2 heterocycles. The summed E-state index contributed by atoms with van der Waals surface area (Å²) >= 11 is 0. The number of imidazole rings is 1. The van der Waals surface area contributed by atoms with Crippen molar-refractivity contribution in [2.24, 2.45) is 0 Å². The van der Waals surface area contributed by atoms with Crippen molar-refractivity contribution in [3.05, 3.63) is 72.1 Å². The van der Waals surface area contributed by atoms with Gasteiger partial charge in [-0.05, 0) is 35.9 Å². The summed E-state index contributed by atoms with van der Waals surface area (Å²) in [7, 11) is 0. The van der Waals surface area contributed by atoms with Crippen LogP contribution in [0.1, 0.15) is 11.3 Å². The molecule has 1 aliphatic rings. The second-order valence-electron chi connectivity index (χ2n) is 6.46. The lowest BCUT2D eigenvalue weighted by atomic mass is 10.2. The second kappa shape index (κ2) is 7.99. The number of hydrogen-bond acceptors (Lipinski definition) is 4. The van der Waals surface area contributed by atoms with Crippen LogP contribution in [0.25, 0.3) is 0 Å². The predicted octanol–water partition coefficient (Wildman–Crippen LogP) is 3.27. The van der Waals surface area contributed by atoms with Gasteiger partial charge in [0.15, 0.2) is 0 Å². The minimum Gasteiger partial charge on any atom is -0.490 e. The topological polar surface area (TPSA) is 82.3 Å². The maximum atomic E-state index is 12.9. The number of halogens is 1. The maximum Gasteiger partial charge on any atom is 0.319 e. The Morgan fingerprint density at radius 3 is 2.89 bits per heavy atom. The molecule has 144 valence electrons. The zero-order chi connectivity index (χ0) is 19.3.